The average Bonchev–Trinajstić information content (AvgIpc) is 2.67. The lowest BCUT2D eigenvalue weighted by atomic mass is 10.0. The van der Waals surface area contributed by atoms with Gasteiger partial charge in [0.05, 0.1) is 22.7 Å². The maximum Gasteiger partial charge on any atom is 0.326 e. The van der Waals surface area contributed by atoms with Crippen LogP contribution >= 0.6 is 0 Å². The van der Waals surface area contributed by atoms with E-state index in [1.165, 1.54) is 0 Å². The van der Waals surface area contributed by atoms with E-state index in [1.54, 1.807) is 48.7 Å². The van der Waals surface area contributed by atoms with E-state index in [1.807, 2.05) is 18.2 Å². The van der Waals surface area contributed by atoms with E-state index >= 15 is 0 Å². The number of benzene rings is 2. The molecule has 6 nitrogen and oxygen atoms in total. The zero-order chi connectivity index (χ0) is 18.5. The number of aliphatic carboxylic acids is 1. The molecule has 0 radical (unpaired) electrons. The summed E-state index contributed by atoms with van der Waals surface area (Å²) in [4.78, 5) is 28.4. The summed E-state index contributed by atoms with van der Waals surface area (Å²) < 4.78 is 0. The number of rotatable bonds is 5. The van der Waals surface area contributed by atoms with Crippen LogP contribution in [0, 0.1) is 11.3 Å². The minimum Gasteiger partial charge on any atom is -0.480 e. The number of nitrogens with zero attached hydrogens (tertiary/aromatic N) is 2. The van der Waals surface area contributed by atoms with Gasteiger partial charge in [-0.1, -0.05) is 30.3 Å². The molecule has 3 rings (SSSR count). The number of carboxylic acid groups (broad SMARTS) is 1. The molecule has 26 heavy (non-hydrogen) atoms. The molecule has 0 aliphatic heterocycles. The molecule has 0 unspecified atom stereocenters. The van der Waals surface area contributed by atoms with Crippen LogP contribution in [0.2, 0.25) is 0 Å². The molecule has 1 atom stereocenters. The molecule has 0 fully saturated rings. The first kappa shape index (κ1) is 17.1. The Morgan fingerprint density at radius 1 is 1.12 bits per heavy atom. The molecule has 0 aliphatic rings. The highest BCUT2D eigenvalue weighted by molar-refractivity contribution is 6.06. The third-order valence-corrected chi connectivity index (χ3v) is 4.00. The Balaban J connectivity index is 1.82. The molecule has 128 valence electrons. The minimum absolute atomic E-state index is 0.116. The van der Waals surface area contributed by atoms with Crippen LogP contribution in [-0.4, -0.2) is 28.0 Å². The second kappa shape index (κ2) is 7.45. The Hall–Kier alpha value is -3.72. The fourth-order valence-corrected chi connectivity index (χ4v) is 2.67. The summed E-state index contributed by atoms with van der Waals surface area (Å²) in [6, 6.07) is 16.3. The van der Waals surface area contributed by atoms with Gasteiger partial charge in [-0.25, -0.2) is 4.79 Å². The number of carboxylic acids is 1. The molecule has 0 aliphatic carbocycles. The highest BCUT2D eigenvalue weighted by Gasteiger charge is 2.22. The number of nitriles is 1. The van der Waals surface area contributed by atoms with Gasteiger partial charge in [0.25, 0.3) is 5.91 Å². The van der Waals surface area contributed by atoms with E-state index in [-0.39, 0.29) is 6.42 Å². The van der Waals surface area contributed by atoms with Crippen molar-refractivity contribution in [2.45, 2.75) is 12.5 Å². The number of nitrogens with one attached hydrogen (secondary N) is 1. The summed E-state index contributed by atoms with van der Waals surface area (Å²) >= 11 is 0. The molecule has 6 heteroatoms. The second-order valence-corrected chi connectivity index (χ2v) is 5.76. The lowest BCUT2D eigenvalue weighted by Crippen LogP contribution is -2.42. The first-order valence-electron chi connectivity index (χ1n) is 7.95. The number of para-hydroxylation sites is 1. The monoisotopic (exact) mass is 345 g/mol. The van der Waals surface area contributed by atoms with Gasteiger partial charge in [0.15, 0.2) is 0 Å². The molecule has 3 aromatic rings. The summed E-state index contributed by atoms with van der Waals surface area (Å²) in [5, 5.41) is 21.6. The van der Waals surface area contributed by atoms with Crippen LogP contribution in [0.5, 0.6) is 0 Å². The zero-order valence-corrected chi connectivity index (χ0v) is 13.7. The van der Waals surface area contributed by atoms with Gasteiger partial charge < -0.3 is 10.4 Å². The van der Waals surface area contributed by atoms with Crippen molar-refractivity contribution in [1.82, 2.24) is 10.3 Å². The normalized spacial score (nSPS) is 11.5. The smallest absolute Gasteiger partial charge is 0.326 e. The van der Waals surface area contributed by atoms with E-state index in [2.05, 4.69) is 10.3 Å². The summed E-state index contributed by atoms with van der Waals surface area (Å²) in [5.74, 6) is -1.62. The maximum atomic E-state index is 12.6. The summed E-state index contributed by atoms with van der Waals surface area (Å²) in [5.41, 5.74) is 2.06. The third-order valence-electron chi connectivity index (χ3n) is 4.00. The topological polar surface area (TPSA) is 103 Å². The second-order valence-electron chi connectivity index (χ2n) is 5.76. The van der Waals surface area contributed by atoms with Crippen molar-refractivity contribution in [3.05, 3.63) is 77.5 Å². The van der Waals surface area contributed by atoms with Gasteiger partial charge >= 0.3 is 5.97 Å². The number of hydrogen-bond donors (Lipinski definition) is 2. The lowest BCUT2D eigenvalue weighted by molar-refractivity contribution is -0.139. The van der Waals surface area contributed by atoms with Crippen molar-refractivity contribution < 1.29 is 14.7 Å². The number of hydrogen-bond acceptors (Lipinski definition) is 4. The molecule has 1 heterocycles. The zero-order valence-electron chi connectivity index (χ0n) is 13.7. The molecule has 0 saturated carbocycles. The number of aromatic nitrogens is 1. The molecule has 1 aromatic heterocycles. The predicted molar refractivity (Wildman–Crippen MR) is 95.5 cm³/mol. The Morgan fingerprint density at radius 2 is 1.85 bits per heavy atom. The maximum absolute atomic E-state index is 12.6. The molecule has 0 bridgehead atoms. The van der Waals surface area contributed by atoms with Crippen LogP contribution in [0.4, 0.5) is 0 Å². The molecule has 0 spiro atoms. The van der Waals surface area contributed by atoms with Gasteiger partial charge in [-0.05, 0) is 29.8 Å². The fraction of sp³-hybridized carbons (Fsp3) is 0.100. The first-order chi connectivity index (χ1) is 12.6. The van der Waals surface area contributed by atoms with Crippen molar-refractivity contribution in [3.63, 3.8) is 0 Å². The van der Waals surface area contributed by atoms with Crippen molar-refractivity contribution in [2.24, 2.45) is 0 Å². The van der Waals surface area contributed by atoms with Gasteiger partial charge in [0.2, 0.25) is 0 Å². The number of carbonyl (C=O) groups is 2. The molecule has 2 N–H and O–H groups in total. The Morgan fingerprint density at radius 3 is 2.54 bits per heavy atom. The van der Waals surface area contributed by atoms with Crippen LogP contribution in [0.3, 0.4) is 0 Å². The largest absolute Gasteiger partial charge is 0.480 e. The van der Waals surface area contributed by atoms with Crippen LogP contribution < -0.4 is 5.32 Å². The molecule has 0 saturated heterocycles. The fourth-order valence-electron chi connectivity index (χ4n) is 2.67. The van der Waals surface area contributed by atoms with E-state index in [0.717, 1.165) is 5.39 Å². The quantitative estimate of drug-likeness (QED) is 0.739. The van der Waals surface area contributed by atoms with Crippen molar-refractivity contribution >= 4 is 22.8 Å². The average molecular weight is 345 g/mol. The number of amides is 1. The van der Waals surface area contributed by atoms with Gasteiger partial charge in [0, 0.05) is 18.0 Å². The third kappa shape index (κ3) is 3.68. The van der Waals surface area contributed by atoms with Crippen molar-refractivity contribution in [2.75, 3.05) is 0 Å². The summed E-state index contributed by atoms with van der Waals surface area (Å²) in [6.07, 6.45) is 1.70. The Bertz CT molecular complexity index is 1000. The van der Waals surface area contributed by atoms with Gasteiger partial charge in [0.1, 0.15) is 6.04 Å². The number of carbonyl (C=O) groups excluding carboxylic acids is 1. The Labute approximate surface area is 149 Å². The molecular formula is C20H15N3O3. The first-order valence-corrected chi connectivity index (χ1v) is 7.95. The van der Waals surface area contributed by atoms with Gasteiger partial charge in [-0.3, -0.25) is 9.78 Å². The molecule has 2 aromatic carbocycles. The van der Waals surface area contributed by atoms with Crippen LogP contribution in [0.15, 0.2) is 60.8 Å². The SMILES string of the molecule is N#Cc1ccc(C[C@H](NC(=O)c2cccc3cccnc23)C(=O)O)cc1. The van der Waals surface area contributed by atoms with Crippen LogP contribution in [0.25, 0.3) is 10.9 Å². The standard InChI is InChI=1S/C20H15N3O3/c21-12-14-8-6-13(7-9-14)11-17(20(25)26)23-19(24)16-5-1-3-15-4-2-10-22-18(15)16/h1-10,17H,11H2,(H,23,24)(H,25,26)/t17-/m0/s1. The van der Waals surface area contributed by atoms with Crippen molar-refractivity contribution in [1.29, 1.82) is 5.26 Å². The van der Waals surface area contributed by atoms with Gasteiger partial charge in [-0.2, -0.15) is 5.26 Å². The van der Waals surface area contributed by atoms with E-state index in [4.69, 9.17) is 5.26 Å². The summed E-state index contributed by atoms with van der Waals surface area (Å²) in [6.45, 7) is 0. The minimum atomic E-state index is -1.13. The molecule has 1 amide bonds. The highest BCUT2D eigenvalue weighted by Crippen LogP contribution is 2.16. The summed E-state index contributed by atoms with van der Waals surface area (Å²) in [7, 11) is 0. The van der Waals surface area contributed by atoms with Crippen LogP contribution in [-0.2, 0) is 11.2 Å². The number of fused-ring (bicyclic) bond motifs is 1. The lowest BCUT2D eigenvalue weighted by Gasteiger charge is -2.15. The highest BCUT2D eigenvalue weighted by atomic mass is 16.4. The molecular weight excluding hydrogens is 330 g/mol. The number of pyridine rings is 1. The van der Waals surface area contributed by atoms with E-state index in [9.17, 15) is 14.7 Å². The van der Waals surface area contributed by atoms with E-state index in [0.29, 0.717) is 22.2 Å². The van der Waals surface area contributed by atoms with Crippen LogP contribution in [0.1, 0.15) is 21.5 Å². The van der Waals surface area contributed by atoms with E-state index < -0.39 is 17.9 Å². The van der Waals surface area contributed by atoms with Crippen molar-refractivity contribution in [3.8, 4) is 6.07 Å². The van der Waals surface area contributed by atoms with Gasteiger partial charge in [-0.15, -0.1) is 0 Å². The predicted octanol–water partition coefficient (Wildman–Crippen LogP) is 2.53. The Kier molecular flexibility index (Phi) is 4.90.